The lowest BCUT2D eigenvalue weighted by molar-refractivity contribution is 0.244. The molecule has 0 aliphatic heterocycles. The number of nitrogens with zero attached hydrogens (tertiary/aromatic N) is 2. The van der Waals surface area contributed by atoms with E-state index in [1.165, 1.54) is 19.3 Å². The highest BCUT2D eigenvalue weighted by Crippen LogP contribution is 2.18. The Morgan fingerprint density at radius 1 is 1.17 bits per heavy atom. The molecule has 1 aliphatic carbocycles. The van der Waals surface area contributed by atoms with Crippen LogP contribution in [0.15, 0.2) is 18.3 Å². The first-order valence-corrected chi connectivity index (χ1v) is 9.01. The van der Waals surface area contributed by atoms with E-state index in [1.807, 2.05) is 12.1 Å². The molecule has 1 aliphatic rings. The van der Waals surface area contributed by atoms with Crippen LogP contribution in [0.2, 0.25) is 0 Å². The Labute approximate surface area is 139 Å². The second-order valence-electron chi connectivity index (χ2n) is 6.33. The van der Waals surface area contributed by atoms with Gasteiger partial charge >= 0.3 is 6.03 Å². The highest BCUT2D eigenvalue weighted by molar-refractivity contribution is 5.89. The van der Waals surface area contributed by atoms with E-state index in [1.54, 1.807) is 6.20 Å². The van der Waals surface area contributed by atoms with Crippen molar-refractivity contribution in [1.82, 2.24) is 10.3 Å². The number of anilines is 2. The third-order valence-corrected chi connectivity index (χ3v) is 4.26. The predicted octanol–water partition coefficient (Wildman–Crippen LogP) is 4.16. The molecule has 5 nitrogen and oxygen atoms in total. The number of rotatable bonds is 7. The Hall–Kier alpha value is -1.78. The SMILES string of the molecule is CCCN(CCC)c1ccc(NC(=O)NC2CCCCC2)cn1. The van der Waals surface area contributed by atoms with E-state index in [2.05, 4.69) is 34.4 Å². The molecule has 0 bridgehead atoms. The minimum absolute atomic E-state index is 0.120. The third kappa shape index (κ3) is 5.73. The molecule has 1 heterocycles. The van der Waals surface area contributed by atoms with Gasteiger partial charge in [0.1, 0.15) is 5.82 Å². The van der Waals surface area contributed by atoms with Crippen molar-refractivity contribution in [2.24, 2.45) is 0 Å². The molecule has 2 rings (SSSR count). The summed E-state index contributed by atoms with van der Waals surface area (Å²) in [6.07, 6.45) is 9.85. The number of carbonyl (C=O) groups excluding carboxylic acids is 1. The summed E-state index contributed by atoms with van der Waals surface area (Å²) in [5.74, 6) is 0.979. The minimum Gasteiger partial charge on any atom is -0.357 e. The fraction of sp³-hybridized carbons (Fsp3) is 0.667. The standard InChI is InChI=1S/C18H30N4O/c1-3-12-22(13-4-2)17-11-10-16(14-19-17)21-18(23)20-15-8-6-5-7-9-15/h10-11,14-15H,3-9,12-13H2,1-2H3,(H2,20,21,23). The van der Waals surface area contributed by atoms with Gasteiger partial charge in [0.25, 0.3) is 0 Å². The van der Waals surface area contributed by atoms with E-state index in [0.29, 0.717) is 6.04 Å². The van der Waals surface area contributed by atoms with Gasteiger partial charge in [0.15, 0.2) is 0 Å². The maximum absolute atomic E-state index is 12.0. The Kier molecular flexibility index (Phi) is 7.17. The van der Waals surface area contributed by atoms with Crippen molar-refractivity contribution >= 4 is 17.5 Å². The largest absolute Gasteiger partial charge is 0.357 e. The van der Waals surface area contributed by atoms with Gasteiger partial charge in [-0.1, -0.05) is 33.1 Å². The zero-order chi connectivity index (χ0) is 16.5. The monoisotopic (exact) mass is 318 g/mol. The number of carbonyl (C=O) groups is 1. The minimum atomic E-state index is -0.120. The summed E-state index contributed by atoms with van der Waals surface area (Å²) in [7, 11) is 0. The second kappa shape index (κ2) is 9.38. The zero-order valence-corrected chi connectivity index (χ0v) is 14.5. The first-order valence-electron chi connectivity index (χ1n) is 9.01. The molecule has 1 saturated carbocycles. The third-order valence-electron chi connectivity index (χ3n) is 4.26. The normalized spacial score (nSPS) is 15.2. The van der Waals surface area contributed by atoms with Crippen molar-refractivity contribution in [3.05, 3.63) is 18.3 Å². The molecule has 1 fully saturated rings. The molecule has 2 amide bonds. The van der Waals surface area contributed by atoms with Crippen LogP contribution >= 0.6 is 0 Å². The van der Waals surface area contributed by atoms with Crippen LogP contribution < -0.4 is 15.5 Å². The maximum Gasteiger partial charge on any atom is 0.319 e. The lowest BCUT2D eigenvalue weighted by Gasteiger charge is -2.23. The smallest absolute Gasteiger partial charge is 0.319 e. The van der Waals surface area contributed by atoms with Crippen molar-refractivity contribution in [3.63, 3.8) is 0 Å². The van der Waals surface area contributed by atoms with Crippen LogP contribution in [-0.4, -0.2) is 30.1 Å². The summed E-state index contributed by atoms with van der Waals surface area (Å²) in [5.41, 5.74) is 0.745. The number of hydrogen-bond acceptors (Lipinski definition) is 3. The number of hydrogen-bond donors (Lipinski definition) is 2. The van der Waals surface area contributed by atoms with Crippen LogP contribution in [0.1, 0.15) is 58.8 Å². The molecule has 5 heteroatoms. The van der Waals surface area contributed by atoms with Gasteiger partial charge in [0, 0.05) is 19.1 Å². The number of aromatic nitrogens is 1. The van der Waals surface area contributed by atoms with Crippen LogP contribution in [0.25, 0.3) is 0 Å². The summed E-state index contributed by atoms with van der Waals surface area (Å²) in [6, 6.07) is 4.12. The fourth-order valence-corrected chi connectivity index (χ4v) is 3.13. The molecule has 23 heavy (non-hydrogen) atoms. The van der Waals surface area contributed by atoms with Crippen LogP contribution in [-0.2, 0) is 0 Å². The number of nitrogens with one attached hydrogen (secondary N) is 2. The maximum atomic E-state index is 12.0. The molecule has 0 aromatic carbocycles. The first kappa shape index (κ1) is 17.6. The number of pyridine rings is 1. The van der Waals surface area contributed by atoms with Gasteiger partial charge in [-0.15, -0.1) is 0 Å². The summed E-state index contributed by atoms with van der Waals surface area (Å²) in [4.78, 5) is 18.8. The van der Waals surface area contributed by atoms with Gasteiger partial charge in [-0.2, -0.15) is 0 Å². The second-order valence-corrected chi connectivity index (χ2v) is 6.33. The average molecular weight is 318 g/mol. The van der Waals surface area contributed by atoms with E-state index in [-0.39, 0.29) is 6.03 Å². The molecule has 0 unspecified atom stereocenters. The summed E-state index contributed by atoms with van der Waals surface area (Å²) >= 11 is 0. The quantitative estimate of drug-likeness (QED) is 0.793. The molecule has 0 saturated heterocycles. The van der Waals surface area contributed by atoms with Crippen LogP contribution in [0.4, 0.5) is 16.3 Å². The highest BCUT2D eigenvalue weighted by atomic mass is 16.2. The van der Waals surface area contributed by atoms with Gasteiger partial charge in [0.2, 0.25) is 0 Å². The number of urea groups is 1. The van der Waals surface area contributed by atoms with Crippen molar-refractivity contribution in [2.45, 2.75) is 64.8 Å². The Balaban J connectivity index is 1.86. The van der Waals surface area contributed by atoms with E-state index in [9.17, 15) is 4.79 Å². The van der Waals surface area contributed by atoms with Crippen molar-refractivity contribution in [3.8, 4) is 0 Å². The highest BCUT2D eigenvalue weighted by Gasteiger charge is 2.15. The van der Waals surface area contributed by atoms with E-state index in [4.69, 9.17) is 0 Å². The molecule has 1 aromatic heterocycles. The van der Waals surface area contributed by atoms with Gasteiger partial charge < -0.3 is 15.5 Å². The van der Waals surface area contributed by atoms with Crippen molar-refractivity contribution in [2.75, 3.05) is 23.3 Å². The summed E-state index contributed by atoms with van der Waals surface area (Å²) in [6.45, 7) is 6.37. The summed E-state index contributed by atoms with van der Waals surface area (Å²) in [5, 5.41) is 5.95. The Morgan fingerprint density at radius 3 is 2.43 bits per heavy atom. The lowest BCUT2D eigenvalue weighted by Crippen LogP contribution is -2.39. The first-order chi connectivity index (χ1) is 11.2. The molecule has 0 spiro atoms. The molecule has 2 N–H and O–H groups in total. The molecule has 0 radical (unpaired) electrons. The topological polar surface area (TPSA) is 57.3 Å². The van der Waals surface area contributed by atoms with Gasteiger partial charge in [0.05, 0.1) is 11.9 Å². The van der Waals surface area contributed by atoms with Crippen LogP contribution in [0.5, 0.6) is 0 Å². The molecule has 0 atom stereocenters. The lowest BCUT2D eigenvalue weighted by atomic mass is 9.96. The van der Waals surface area contributed by atoms with E-state index >= 15 is 0 Å². The molecular weight excluding hydrogens is 288 g/mol. The fourth-order valence-electron chi connectivity index (χ4n) is 3.13. The molecule has 128 valence electrons. The van der Waals surface area contributed by atoms with Gasteiger partial charge in [-0.3, -0.25) is 0 Å². The predicted molar refractivity (Wildman–Crippen MR) is 96.1 cm³/mol. The van der Waals surface area contributed by atoms with Gasteiger partial charge in [-0.25, -0.2) is 9.78 Å². The van der Waals surface area contributed by atoms with Gasteiger partial charge in [-0.05, 0) is 37.8 Å². The molecular formula is C18H30N4O. The average Bonchev–Trinajstić information content (AvgIpc) is 2.56. The van der Waals surface area contributed by atoms with E-state index in [0.717, 1.165) is 50.3 Å². The van der Waals surface area contributed by atoms with Crippen LogP contribution in [0, 0.1) is 0 Å². The Bertz CT molecular complexity index is 462. The van der Waals surface area contributed by atoms with Crippen molar-refractivity contribution < 1.29 is 4.79 Å². The van der Waals surface area contributed by atoms with E-state index < -0.39 is 0 Å². The Morgan fingerprint density at radius 2 is 1.87 bits per heavy atom. The summed E-state index contributed by atoms with van der Waals surface area (Å²) < 4.78 is 0. The number of amides is 2. The van der Waals surface area contributed by atoms with Crippen molar-refractivity contribution in [1.29, 1.82) is 0 Å². The zero-order valence-electron chi connectivity index (χ0n) is 14.5. The van der Waals surface area contributed by atoms with Crippen LogP contribution in [0.3, 0.4) is 0 Å². The molecule has 1 aromatic rings.